The van der Waals surface area contributed by atoms with Gasteiger partial charge in [-0.3, -0.25) is 4.79 Å². The SMILES string of the molecule is COC[C@@H]1CCCN1C(=O)C1=C(C)Nc2cc(C(F)(F)F)nn2C1c1ccc(Cl)c(Cl)c1. The third-order valence-corrected chi connectivity index (χ3v) is 6.49. The Morgan fingerprint density at radius 1 is 1.28 bits per heavy atom. The van der Waals surface area contributed by atoms with Crippen molar-refractivity contribution < 1.29 is 22.7 Å². The van der Waals surface area contributed by atoms with Gasteiger partial charge in [-0.1, -0.05) is 29.3 Å². The topological polar surface area (TPSA) is 59.4 Å². The lowest BCUT2D eigenvalue weighted by molar-refractivity contribution is -0.141. The van der Waals surface area contributed by atoms with E-state index < -0.39 is 17.9 Å². The quantitative estimate of drug-likeness (QED) is 0.647. The summed E-state index contributed by atoms with van der Waals surface area (Å²) < 4.78 is 46.7. The number of ether oxygens (including phenoxy) is 1. The maximum atomic E-state index is 13.7. The minimum Gasteiger partial charge on any atom is -0.383 e. The molecule has 0 radical (unpaired) electrons. The largest absolute Gasteiger partial charge is 0.435 e. The smallest absolute Gasteiger partial charge is 0.383 e. The number of likely N-dealkylation sites (tertiary alicyclic amines) is 1. The van der Waals surface area contributed by atoms with Crippen molar-refractivity contribution in [1.82, 2.24) is 14.7 Å². The number of carbonyl (C=O) groups is 1. The van der Waals surface area contributed by atoms with E-state index in [9.17, 15) is 18.0 Å². The van der Waals surface area contributed by atoms with Crippen LogP contribution in [-0.2, 0) is 15.7 Å². The maximum absolute atomic E-state index is 13.7. The molecule has 32 heavy (non-hydrogen) atoms. The van der Waals surface area contributed by atoms with Gasteiger partial charge in [0.15, 0.2) is 5.69 Å². The number of allylic oxidation sites excluding steroid dienone is 1. The summed E-state index contributed by atoms with van der Waals surface area (Å²) in [6.45, 7) is 2.59. The van der Waals surface area contributed by atoms with Crippen molar-refractivity contribution in [2.45, 2.75) is 38.0 Å². The fourth-order valence-corrected chi connectivity index (χ4v) is 4.61. The van der Waals surface area contributed by atoms with Crippen molar-refractivity contribution in [3.63, 3.8) is 0 Å². The zero-order chi connectivity index (χ0) is 23.2. The van der Waals surface area contributed by atoms with Crippen LogP contribution in [0.2, 0.25) is 10.0 Å². The Labute approximate surface area is 192 Å². The number of methoxy groups -OCH3 is 1. The second-order valence-electron chi connectivity index (χ2n) is 7.85. The van der Waals surface area contributed by atoms with Crippen LogP contribution < -0.4 is 5.32 Å². The molecule has 1 aromatic carbocycles. The number of hydrogen-bond acceptors (Lipinski definition) is 4. The maximum Gasteiger partial charge on any atom is 0.435 e. The van der Waals surface area contributed by atoms with Gasteiger partial charge in [0.1, 0.15) is 11.9 Å². The van der Waals surface area contributed by atoms with Crippen LogP contribution in [0.1, 0.15) is 37.1 Å². The summed E-state index contributed by atoms with van der Waals surface area (Å²) >= 11 is 12.3. The number of benzene rings is 1. The van der Waals surface area contributed by atoms with Crippen molar-refractivity contribution in [3.8, 4) is 0 Å². The molecule has 1 aromatic heterocycles. The number of alkyl halides is 3. The number of fused-ring (bicyclic) bond motifs is 1. The van der Waals surface area contributed by atoms with Gasteiger partial charge in [0.05, 0.1) is 28.3 Å². The van der Waals surface area contributed by atoms with E-state index in [0.29, 0.717) is 35.0 Å². The Balaban J connectivity index is 1.84. The van der Waals surface area contributed by atoms with E-state index in [4.69, 9.17) is 27.9 Å². The molecule has 1 fully saturated rings. The number of halogens is 5. The summed E-state index contributed by atoms with van der Waals surface area (Å²) in [6.07, 6.45) is -3.02. The minimum atomic E-state index is -4.63. The number of amides is 1. The average Bonchev–Trinajstić information content (AvgIpc) is 3.35. The van der Waals surface area contributed by atoms with E-state index in [1.165, 1.54) is 4.68 Å². The Kier molecular flexibility index (Phi) is 6.17. The van der Waals surface area contributed by atoms with Gasteiger partial charge in [-0.15, -0.1) is 0 Å². The normalized spacial score (nSPS) is 21.0. The van der Waals surface area contributed by atoms with E-state index in [-0.39, 0.29) is 22.8 Å². The van der Waals surface area contributed by atoms with Crippen molar-refractivity contribution in [2.24, 2.45) is 0 Å². The predicted octanol–water partition coefficient (Wildman–Crippen LogP) is 5.14. The molecule has 1 N–H and O–H groups in total. The standard InChI is InChI=1S/C21H21Cl2F3N4O2/c1-11-18(20(31)29-7-3-4-13(29)10-32-2)19(12-5-6-14(22)15(23)8-12)30-17(27-11)9-16(28-30)21(24,25)26/h5-6,8-9,13,19,27H,3-4,7,10H2,1-2H3/t13-,19?/m0/s1. The first-order chi connectivity index (χ1) is 15.1. The predicted molar refractivity (Wildman–Crippen MR) is 115 cm³/mol. The Morgan fingerprint density at radius 3 is 2.69 bits per heavy atom. The van der Waals surface area contributed by atoms with Gasteiger partial charge in [-0.25, -0.2) is 4.68 Å². The molecule has 1 amide bonds. The first-order valence-electron chi connectivity index (χ1n) is 10.0. The highest BCUT2D eigenvalue weighted by molar-refractivity contribution is 6.42. The fraction of sp³-hybridized carbons (Fsp3) is 0.429. The highest BCUT2D eigenvalue weighted by Gasteiger charge is 2.42. The number of hydrogen-bond donors (Lipinski definition) is 1. The van der Waals surface area contributed by atoms with Crippen molar-refractivity contribution in [1.29, 1.82) is 0 Å². The van der Waals surface area contributed by atoms with Crippen LogP contribution in [0.25, 0.3) is 0 Å². The van der Waals surface area contributed by atoms with Crippen LogP contribution in [0.15, 0.2) is 35.5 Å². The highest BCUT2D eigenvalue weighted by atomic mass is 35.5. The molecule has 2 aliphatic rings. The monoisotopic (exact) mass is 488 g/mol. The summed E-state index contributed by atoms with van der Waals surface area (Å²) in [5.74, 6) is -0.141. The van der Waals surface area contributed by atoms with Gasteiger partial charge >= 0.3 is 6.18 Å². The molecule has 2 atom stereocenters. The van der Waals surface area contributed by atoms with Crippen LogP contribution in [0.3, 0.4) is 0 Å². The molecule has 2 aromatic rings. The molecule has 11 heteroatoms. The molecule has 2 aliphatic heterocycles. The van der Waals surface area contributed by atoms with Crippen LogP contribution in [0, 0.1) is 0 Å². The third kappa shape index (κ3) is 4.09. The molecule has 3 heterocycles. The zero-order valence-corrected chi connectivity index (χ0v) is 18.9. The van der Waals surface area contributed by atoms with Crippen LogP contribution >= 0.6 is 23.2 Å². The summed E-state index contributed by atoms with van der Waals surface area (Å²) in [5.41, 5.74) is 0.208. The molecular weight excluding hydrogens is 468 g/mol. The number of anilines is 1. The summed E-state index contributed by atoms with van der Waals surface area (Å²) in [4.78, 5) is 15.4. The molecule has 1 saturated heterocycles. The lowest BCUT2D eigenvalue weighted by Crippen LogP contribution is -2.42. The Morgan fingerprint density at radius 2 is 2.03 bits per heavy atom. The van der Waals surface area contributed by atoms with Crippen molar-refractivity contribution in [3.05, 3.63) is 56.8 Å². The first-order valence-corrected chi connectivity index (χ1v) is 10.8. The van der Waals surface area contributed by atoms with Crippen LogP contribution in [0.5, 0.6) is 0 Å². The minimum absolute atomic E-state index is 0.105. The molecule has 0 aliphatic carbocycles. The van der Waals surface area contributed by atoms with Gasteiger partial charge in [0.25, 0.3) is 5.91 Å². The molecule has 0 spiro atoms. The highest BCUT2D eigenvalue weighted by Crippen LogP contribution is 2.41. The van der Waals surface area contributed by atoms with E-state index in [2.05, 4.69) is 10.4 Å². The lowest BCUT2D eigenvalue weighted by Gasteiger charge is -2.33. The van der Waals surface area contributed by atoms with Crippen molar-refractivity contribution in [2.75, 3.05) is 25.6 Å². The summed E-state index contributed by atoms with van der Waals surface area (Å²) in [7, 11) is 1.57. The van der Waals surface area contributed by atoms with E-state index >= 15 is 0 Å². The first kappa shape index (κ1) is 22.9. The molecule has 0 saturated carbocycles. The molecule has 1 unspecified atom stereocenters. The van der Waals surface area contributed by atoms with Gasteiger partial charge < -0.3 is 15.0 Å². The Hall–Kier alpha value is -2.23. The van der Waals surface area contributed by atoms with E-state index in [0.717, 1.165) is 18.9 Å². The molecule has 172 valence electrons. The number of nitrogens with one attached hydrogen (secondary N) is 1. The Bertz CT molecular complexity index is 1080. The zero-order valence-electron chi connectivity index (χ0n) is 17.3. The van der Waals surface area contributed by atoms with Crippen molar-refractivity contribution >= 4 is 34.9 Å². The van der Waals surface area contributed by atoms with Gasteiger partial charge in [-0.05, 0) is 37.5 Å². The summed E-state index contributed by atoms with van der Waals surface area (Å²) in [5, 5.41) is 7.26. The molecule has 4 rings (SSSR count). The molecular formula is C21H21Cl2F3N4O2. The van der Waals surface area contributed by atoms with Gasteiger partial charge in [-0.2, -0.15) is 18.3 Å². The number of nitrogens with zero attached hydrogens (tertiary/aromatic N) is 3. The third-order valence-electron chi connectivity index (χ3n) is 5.75. The average molecular weight is 489 g/mol. The summed E-state index contributed by atoms with van der Waals surface area (Å²) in [6, 6.07) is 4.66. The number of rotatable bonds is 4. The van der Waals surface area contributed by atoms with Crippen LogP contribution in [0.4, 0.5) is 19.0 Å². The lowest BCUT2D eigenvalue weighted by atomic mass is 9.94. The second-order valence-corrected chi connectivity index (χ2v) is 8.66. The van der Waals surface area contributed by atoms with E-state index in [1.807, 2.05) is 0 Å². The second kappa shape index (κ2) is 8.61. The van der Waals surface area contributed by atoms with Gasteiger partial charge in [0.2, 0.25) is 0 Å². The fourth-order valence-electron chi connectivity index (χ4n) is 4.30. The number of carbonyl (C=O) groups excluding carboxylic acids is 1. The van der Waals surface area contributed by atoms with E-state index in [1.54, 1.807) is 37.1 Å². The number of aromatic nitrogens is 2. The molecule has 6 nitrogen and oxygen atoms in total. The van der Waals surface area contributed by atoms with Crippen LogP contribution in [-0.4, -0.2) is 46.9 Å². The molecule has 0 bridgehead atoms. The van der Waals surface area contributed by atoms with Gasteiger partial charge in [0, 0.05) is 25.4 Å².